The Hall–Kier alpha value is -2.85. The summed E-state index contributed by atoms with van der Waals surface area (Å²) in [5.74, 6) is 0.845. The second-order valence-electron chi connectivity index (χ2n) is 7.50. The van der Waals surface area contributed by atoms with Gasteiger partial charge in [0.25, 0.3) is 5.91 Å². The van der Waals surface area contributed by atoms with Crippen molar-refractivity contribution < 1.29 is 9.53 Å². The first kappa shape index (κ1) is 20.4. The fraction of sp³-hybridized carbons (Fsp3) is 0.192. The molecule has 0 N–H and O–H groups in total. The first-order valence-corrected chi connectivity index (χ1v) is 11.0. The average Bonchev–Trinajstić information content (AvgIpc) is 3.01. The Balaban J connectivity index is 1.56. The molecule has 4 heteroatoms. The van der Waals surface area contributed by atoms with Crippen LogP contribution in [0.1, 0.15) is 35.6 Å². The van der Waals surface area contributed by atoms with Crippen molar-refractivity contribution in [2.75, 3.05) is 11.4 Å². The molecule has 4 rings (SSSR count). The third-order valence-corrected chi connectivity index (χ3v) is 5.81. The summed E-state index contributed by atoms with van der Waals surface area (Å²) < 4.78 is 6.84. The summed E-state index contributed by atoms with van der Waals surface area (Å²) in [6, 6.07) is 22.2. The fourth-order valence-electron chi connectivity index (χ4n) is 3.63. The minimum absolute atomic E-state index is 0.0638. The molecular formula is C26H24BrNO2. The molecule has 0 spiro atoms. The van der Waals surface area contributed by atoms with Crippen molar-refractivity contribution in [2.24, 2.45) is 0 Å². The van der Waals surface area contributed by atoms with Gasteiger partial charge in [0.2, 0.25) is 0 Å². The number of para-hydroxylation sites is 1. The number of fused-ring (bicyclic) bond motifs is 1. The average molecular weight is 462 g/mol. The number of aryl methyl sites for hydroxylation is 1. The molecular weight excluding hydrogens is 438 g/mol. The molecule has 152 valence electrons. The van der Waals surface area contributed by atoms with Crippen molar-refractivity contribution in [1.82, 2.24) is 0 Å². The van der Waals surface area contributed by atoms with Crippen molar-refractivity contribution in [3.8, 4) is 5.75 Å². The van der Waals surface area contributed by atoms with Crippen molar-refractivity contribution >= 4 is 39.2 Å². The Bertz CT molecular complexity index is 1100. The van der Waals surface area contributed by atoms with E-state index < -0.39 is 0 Å². The van der Waals surface area contributed by atoms with Gasteiger partial charge in [0.1, 0.15) is 12.4 Å². The zero-order valence-electron chi connectivity index (χ0n) is 17.2. The zero-order valence-corrected chi connectivity index (χ0v) is 18.8. The Labute approximate surface area is 186 Å². The van der Waals surface area contributed by atoms with Gasteiger partial charge < -0.3 is 9.64 Å². The van der Waals surface area contributed by atoms with E-state index in [9.17, 15) is 4.79 Å². The maximum Gasteiger partial charge on any atom is 0.258 e. The van der Waals surface area contributed by atoms with Crippen LogP contribution in [0.3, 0.4) is 0 Å². The van der Waals surface area contributed by atoms with Gasteiger partial charge in [-0.3, -0.25) is 4.79 Å². The van der Waals surface area contributed by atoms with Gasteiger partial charge in [-0.15, -0.1) is 0 Å². The van der Waals surface area contributed by atoms with E-state index in [1.165, 1.54) is 5.56 Å². The van der Waals surface area contributed by atoms with Crippen molar-refractivity contribution in [2.45, 2.75) is 26.9 Å². The summed E-state index contributed by atoms with van der Waals surface area (Å²) >= 11 is 3.62. The van der Waals surface area contributed by atoms with Gasteiger partial charge in [-0.2, -0.15) is 0 Å². The standard InChI is InChI=1S/C26H24BrNO2/c1-3-14-28-24-7-5-4-6-21(24)22(26(28)29)15-20-12-13-25(23(27)16-20)30-17-19-10-8-18(2)9-11-19/h4-13,15-16H,3,14,17H2,1-2H3/b22-15-. The zero-order chi connectivity index (χ0) is 21.1. The molecule has 0 saturated heterocycles. The summed E-state index contributed by atoms with van der Waals surface area (Å²) in [7, 11) is 0. The van der Waals surface area contributed by atoms with E-state index in [0.717, 1.165) is 51.1 Å². The number of amides is 1. The Morgan fingerprint density at radius 3 is 2.53 bits per heavy atom. The summed E-state index contributed by atoms with van der Waals surface area (Å²) in [5.41, 5.74) is 6.04. The first-order chi connectivity index (χ1) is 14.6. The number of ether oxygens (including phenoxy) is 1. The highest BCUT2D eigenvalue weighted by atomic mass is 79.9. The molecule has 1 aliphatic heterocycles. The van der Waals surface area contributed by atoms with Crippen LogP contribution in [0.25, 0.3) is 11.6 Å². The summed E-state index contributed by atoms with van der Waals surface area (Å²) in [6.45, 7) is 5.40. The molecule has 1 aliphatic rings. The minimum atomic E-state index is 0.0638. The van der Waals surface area contributed by atoms with Crippen LogP contribution in [0.2, 0.25) is 0 Å². The molecule has 30 heavy (non-hydrogen) atoms. The Morgan fingerprint density at radius 1 is 1.03 bits per heavy atom. The fourth-order valence-corrected chi connectivity index (χ4v) is 4.14. The number of nitrogens with zero attached hydrogens (tertiary/aromatic N) is 1. The van der Waals surface area contributed by atoms with Crippen LogP contribution < -0.4 is 9.64 Å². The SMILES string of the molecule is CCCN1C(=O)/C(=C\c2ccc(OCc3ccc(C)cc3)c(Br)c2)c2ccccc21. The van der Waals surface area contributed by atoms with Gasteiger partial charge in [-0.05, 0) is 64.7 Å². The summed E-state index contributed by atoms with van der Waals surface area (Å²) in [5, 5.41) is 0. The molecule has 0 atom stereocenters. The van der Waals surface area contributed by atoms with E-state index in [4.69, 9.17) is 4.74 Å². The van der Waals surface area contributed by atoms with Crippen molar-refractivity contribution in [1.29, 1.82) is 0 Å². The van der Waals surface area contributed by atoms with Gasteiger partial charge in [-0.25, -0.2) is 0 Å². The minimum Gasteiger partial charge on any atom is -0.488 e. The first-order valence-electron chi connectivity index (χ1n) is 10.2. The molecule has 0 bridgehead atoms. The number of carbonyl (C=O) groups is 1. The Kier molecular flexibility index (Phi) is 6.05. The molecule has 1 amide bonds. The number of anilines is 1. The number of benzene rings is 3. The molecule has 0 saturated carbocycles. The summed E-state index contributed by atoms with van der Waals surface area (Å²) in [6.07, 6.45) is 2.89. The lowest BCUT2D eigenvalue weighted by atomic mass is 10.0. The van der Waals surface area contributed by atoms with Gasteiger partial charge in [0, 0.05) is 17.7 Å². The molecule has 3 aromatic rings. The van der Waals surface area contributed by atoms with E-state index in [1.54, 1.807) is 0 Å². The molecule has 3 nitrogen and oxygen atoms in total. The molecule has 3 aromatic carbocycles. The van der Waals surface area contributed by atoms with Crippen LogP contribution in [0, 0.1) is 6.92 Å². The number of hydrogen-bond acceptors (Lipinski definition) is 2. The van der Waals surface area contributed by atoms with Crippen molar-refractivity contribution in [3.05, 3.63) is 93.5 Å². The third kappa shape index (κ3) is 4.19. The number of hydrogen-bond donors (Lipinski definition) is 0. The number of halogens is 1. The van der Waals surface area contributed by atoms with E-state index in [1.807, 2.05) is 53.4 Å². The van der Waals surface area contributed by atoms with Crippen LogP contribution in [0.5, 0.6) is 5.75 Å². The molecule has 0 radical (unpaired) electrons. The van der Waals surface area contributed by atoms with E-state index >= 15 is 0 Å². The molecule has 1 heterocycles. The lowest BCUT2D eigenvalue weighted by Gasteiger charge is -2.15. The van der Waals surface area contributed by atoms with Crippen LogP contribution in [-0.2, 0) is 11.4 Å². The van der Waals surface area contributed by atoms with Crippen LogP contribution >= 0.6 is 15.9 Å². The van der Waals surface area contributed by atoms with Gasteiger partial charge in [0.05, 0.1) is 10.2 Å². The topological polar surface area (TPSA) is 29.5 Å². The third-order valence-electron chi connectivity index (χ3n) is 5.19. The maximum absolute atomic E-state index is 13.0. The van der Waals surface area contributed by atoms with Gasteiger partial charge in [-0.1, -0.05) is 61.0 Å². The smallest absolute Gasteiger partial charge is 0.258 e. The van der Waals surface area contributed by atoms with Gasteiger partial charge in [0.15, 0.2) is 0 Å². The number of carbonyl (C=O) groups excluding carboxylic acids is 1. The van der Waals surface area contributed by atoms with E-state index in [2.05, 4.69) is 54.0 Å². The quantitative estimate of drug-likeness (QED) is 0.385. The van der Waals surface area contributed by atoms with Crippen LogP contribution in [0.4, 0.5) is 5.69 Å². The second kappa shape index (κ2) is 8.88. The predicted molar refractivity (Wildman–Crippen MR) is 127 cm³/mol. The van der Waals surface area contributed by atoms with Gasteiger partial charge >= 0.3 is 0 Å². The second-order valence-corrected chi connectivity index (χ2v) is 8.35. The normalized spacial score (nSPS) is 14.3. The monoisotopic (exact) mass is 461 g/mol. The molecule has 0 unspecified atom stereocenters. The maximum atomic E-state index is 13.0. The van der Waals surface area contributed by atoms with Crippen LogP contribution in [0.15, 0.2) is 71.2 Å². The molecule has 0 fully saturated rings. The lowest BCUT2D eigenvalue weighted by Crippen LogP contribution is -2.26. The van der Waals surface area contributed by atoms with Crippen molar-refractivity contribution in [3.63, 3.8) is 0 Å². The highest BCUT2D eigenvalue weighted by molar-refractivity contribution is 9.10. The number of rotatable bonds is 6. The predicted octanol–water partition coefficient (Wildman–Crippen LogP) is 6.63. The molecule has 0 aliphatic carbocycles. The molecule has 0 aromatic heterocycles. The largest absolute Gasteiger partial charge is 0.488 e. The Morgan fingerprint density at radius 2 is 1.80 bits per heavy atom. The summed E-state index contributed by atoms with van der Waals surface area (Å²) in [4.78, 5) is 14.9. The highest BCUT2D eigenvalue weighted by Gasteiger charge is 2.31. The highest BCUT2D eigenvalue weighted by Crippen LogP contribution is 2.38. The lowest BCUT2D eigenvalue weighted by molar-refractivity contribution is -0.113. The van der Waals surface area contributed by atoms with Crippen LogP contribution in [-0.4, -0.2) is 12.5 Å². The van der Waals surface area contributed by atoms with E-state index in [0.29, 0.717) is 6.61 Å². The van der Waals surface area contributed by atoms with E-state index in [-0.39, 0.29) is 5.91 Å².